The van der Waals surface area contributed by atoms with E-state index in [1.54, 1.807) is 42.3 Å². The molecule has 0 atom stereocenters. The van der Waals surface area contributed by atoms with E-state index < -0.39 is 6.03 Å². The first-order valence-electron chi connectivity index (χ1n) is 13.4. The second-order valence-corrected chi connectivity index (χ2v) is 11.1. The molecule has 0 radical (unpaired) electrons. The second-order valence-electron chi connectivity index (χ2n) is 11.1. The van der Waals surface area contributed by atoms with Gasteiger partial charge in [-0.3, -0.25) is 19.9 Å². The van der Waals surface area contributed by atoms with Gasteiger partial charge in [-0.2, -0.15) is 5.10 Å². The number of hydrogen-bond donors (Lipinski definition) is 3. The fourth-order valence-electron chi connectivity index (χ4n) is 4.70. The molecule has 3 N–H and O–H groups in total. The number of nitrogens with one attached hydrogen (secondary N) is 3. The topological polar surface area (TPSA) is 132 Å². The summed E-state index contributed by atoms with van der Waals surface area (Å²) in [7, 11) is 1.66. The number of rotatable bonds is 5. The van der Waals surface area contributed by atoms with Crippen molar-refractivity contribution in [2.45, 2.75) is 33.1 Å². The Kier molecular flexibility index (Phi) is 6.49. The highest BCUT2D eigenvalue weighted by atomic mass is 16.5. The molecular weight excluding hydrogens is 532 g/mol. The van der Waals surface area contributed by atoms with Gasteiger partial charge in [0.15, 0.2) is 11.4 Å². The Balaban J connectivity index is 1.31. The van der Waals surface area contributed by atoms with E-state index >= 15 is 0 Å². The van der Waals surface area contributed by atoms with Crippen molar-refractivity contribution in [1.29, 1.82) is 0 Å². The minimum Gasteiger partial charge on any atom is -0.454 e. The summed E-state index contributed by atoms with van der Waals surface area (Å²) in [5, 5.41) is 12.3. The quantitative estimate of drug-likeness (QED) is 0.235. The third-order valence-electron chi connectivity index (χ3n) is 6.96. The zero-order valence-corrected chi connectivity index (χ0v) is 23.9. The Morgan fingerprint density at radius 3 is 2.48 bits per heavy atom. The summed E-state index contributed by atoms with van der Waals surface area (Å²) >= 11 is 0. The average molecular weight is 563 g/mol. The standard InChI is InChI=1S/C31H30N8O3/c1-18-10-11-19(17-33-18)39-26(16-25(37-39)31(2,3)4)35-29(40)34-22-12-13-23(21-9-7-6-8-20(21)22)42-24-14-15-32-28-27(24)38(5)30(41)36-28/h6-17H,1-5H3,(H,32,36,41)(H2,34,35,40). The number of carbonyl (C=O) groups is 1. The number of aryl methyl sites for hydroxylation is 2. The van der Waals surface area contributed by atoms with Gasteiger partial charge in [0, 0.05) is 47.3 Å². The monoisotopic (exact) mass is 562 g/mol. The van der Waals surface area contributed by atoms with Crippen molar-refractivity contribution in [3.8, 4) is 17.2 Å². The van der Waals surface area contributed by atoms with Crippen LogP contribution in [0.5, 0.6) is 11.5 Å². The zero-order valence-electron chi connectivity index (χ0n) is 23.9. The van der Waals surface area contributed by atoms with Gasteiger partial charge in [0.05, 0.1) is 23.3 Å². The molecule has 2 aromatic carbocycles. The van der Waals surface area contributed by atoms with Crippen LogP contribution in [-0.2, 0) is 12.5 Å². The van der Waals surface area contributed by atoms with Gasteiger partial charge < -0.3 is 10.1 Å². The number of ether oxygens (including phenoxy) is 1. The summed E-state index contributed by atoms with van der Waals surface area (Å²) in [6.07, 6.45) is 3.31. The van der Waals surface area contributed by atoms with Gasteiger partial charge in [-0.25, -0.2) is 19.3 Å². The highest BCUT2D eigenvalue weighted by Gasteiger charge is 2.22. The molecule has 6 rings (SSSR count). The predicted octanol–water partition coefficient (Wildman–Crippen LogP) is 6.04. The zero-order chi connectivity index (χ0) is 29.6. The number of H-pyrrole nitrogens is 1. The summed E-state index contributed by atoms with van der Waals surface area (Å²) in [5.41, 5.74) is 3.55. The summed E-state index contributed by atoms with van der Waals surface area (Å²) in [6, 6.07) is 18.2. The largest absolute Gasteiger partial charge is 0.454 e. The molecule has 11 nitrogen and oxygen atoms in total. The van der Waals surface area contributed by atoms with E-state index in [0.717, 1.165) is 27.8 Å². The van der Waals surface area contributed by atoms with E-state index in [-0.39, 0.29) is 11.1 Å². The van der Waals surface area contributed by atoms with E-state index in [0.29, 0.717) is 34.2 Å². The summed E-state index contributed by atoms with van der Waals surface area (Å²) < 4.78 is 9.44. The van der Waals surface area contributed by atoms with Crippen LogP contribution in [0.25, 0.3) is 27.6 Å². The average Bonchev–Trinajstić information content (AvgIpc) is 3.51. The number of pyridine rings is 2. The lowest BCUT2D eigenvalue weighted by molar-refractivity contribution is 0.262. The van der Waals surface area contributed by atoms with Crippen LogP contribution < -0.4 is 21.1 Å². The number of amides is 2. The number of anilines is 2. The molecule has 0 fully saturated rings. The number of hydrogen-bond acceptors (Lipinski definition) is 6. The van der Waals surface area contributed by atoms with E-state index in [2.05, 4.69) is 46.4 Å². The minimum atomic E-state index is -0.423. The number of urea groups is 1. The van der Waals surface area contributed by atoms with Crippen molar-refractivity contribution in [1.82, 2.24) is 29.3 Å². The SMILES string of the molecule is Cc1ccc(-n2nc(C(C)(C)C)cc2NC(=O)Nc2ccc(Oc3ccnc4[nH]c(=O)n(C)c34)c3ccccc23)cn1. The molecule has 0 bridgehead atoms. The summed E-state index contributed by atoms with van der Waals surface area (Å²) in [5.74, 6) is 1.57. The van der Waals surface area contributed by atoms with Gasteiger partial charge in [-0.05, 0) is 31.2 Å². The summed E-state index contributed by atoms with van der Waals surface area (Å²) in [6.45, 7) is 8.12. The Hall–Kier alpha value is -5.45. The first-order valence-corrected chi connectivity index (χ1v) is 13.4. The highest BCUT2D eigenvalue weighted by molar-refractivity contribution is 6.07. The van der Waals surface area contributed by atoms with Crippen molar-refractivity contribution in [3.63, 3.8) is 0 Å². The van der Waals surface area contributed by atoms with Crippen LogP contribution in [0, 0.1) is 6.92 Å². The van der Waals surface area contributed by atoms with Crippen LogP contribution in [0.1, 0.15) is 32.2 Å². The molecule has 11 heteroatoms. The molecule has 42 heavy (non-hydrogen) atoms. The number of aromatic nitrogens is 6. The molecule has 0 spiro atoms. The number of imidazole rings is 1. The fourth-order valence-corrected chi connectivity index (χ4v) is 4.70. The smallest absolute Gasteiger partial charge is 0.327 e. The van der Waals surface area contributed by atoms with Crippen molar-refractivity contribution < 1.29 is 9.53 Å². The van der Waals surface area contributed by atoms with Crippen molar-refractivity contribution in [2.24, 2.45) is 7.05 Å². The molecule has 0 aliphatic rings. The Labute approximate surface area is 241 Å². The maximum absolute atomic E-state index is 13.3. The van der Waals surface area contributed by atoms with Crippen LogP contribution in [0.15, 0.2) is 77.9 Å². The maximum atomic E-state index is 13.3. The first kappa shape index (κ1) is 26.8. The van der Waals surface area contributed by atoms with Gasteiger partial charge in [0.1, 0.15) is 17.1 Å². The van der Waals surface area contributed by atoms with Crippen LogP contribution in [0.2, 0.25) is 0 Å². The maximum Gasteiger partial charge on any atom is 0.327 e. The first-order chi connectivity index (χ1) is 20.1. The van der Waals surface area contributed by atoms with Gasteiger partial charge in [-0.15, -0.1) is 0 Å². The molecule has 0 saturated carbocycles. The molecule has 6 aromatic rings. The Morgan fingerprint density at radius 1 is 0.952 bits per heavy atom. The number of nitrogens with zero attached hydrogens (tertiary/aromatic N) is 5. The highest BCUT2D eigenvalue weighted by Crippen LogP contribution is 2.36. The lowest BCUT2D eigenvalue weighted by Gasteiger charge is -2.14. The van der Waals surface area contributed by atoms with Crippen molar-refractivity contribution in [3.05, 3.63) is 94.9 Å². The lowest BCUT2D eigenvalue weighted by atomic mass is 9.92. The lowest BCUT2D eigenvalue weighted by Crippen LogP contribution is -2.21. The third kappa shape index (κ3) is 4.96. The van der Waals surface area contributed by atoms with Crippen molar-refractivity contribution >= 4 is 39.5 Å². The molecule has 0 unspecified atom stereocenters. The van der Waals surface area contributed by atoms with E-state index in [1.807, 2.05) is 49.4 Å². The number of aromatic amines is 1. The Morgan fingerprint density at radius 2 is 1.74 bits per heavy atom. The second kappa shape index (κ2) is 10.2. The fraction of sp³-hybridized carbons (Fsp3) is 0.194. The van der Waals surface area contributed by atoms with Crippen LogP contribution in [0.4, 0.5) is 16.3 Å². The third-order valence-corrected chi connectivity index (χ3v) is 6.96. The van der Waals surface area contributed by atoms with Crippen LogP contribution in [0.3, 0.4) is 0 Å². The predicted molar refractivity (Wildman–Crippen MR) is 163 cm³/mol. The molecule has 4 aromatic heterocycles. The van der Waals surface area contributed by atoms with Crippen molar-refractivity contribution in [2.75, 3.05) is 10.6 Å². The van der Waals surface area contributed by atoms with Gasteiger partial charge >= 0.3 is 11.7 Å². The van der Waals surface area contributed by atoms with Crippen LogP contribution >= 0.6 is 0 Å². The van der Waals surface area contributed by atoms with E-state index in [1.165, 1.54) is 4.57 Å². The Bertz CT molecular complexity index is 2010. The van der Waals surface area contributed by atoms with E-state index in [4.69, 9.17) is 9.84 Å². The number of carbonyl (C=O) groups excluding carboxylic acids is 1. The molecule has 4 heterocycles. The van der Waals surface area contributed by atoms with E-state index in [9.17, 15) is 9.59 Å². The molecule has 0 aliphatic heterocycles. The van der Waals surface area contributed by atoms with Gasteiger partial charge in [0.25, 0.3) is 0 Å². The molecular formula is C31H30N8O3. The van der Waals surface area contributed by atoms with Gasteiger partial charge in [-0.1, -0.05) is 45.0 Å². The summed E-state index contributed by atoms with van der Waals surface area (Å²) in [4.78, 5) is 36.8. The van der Waals surface area contributed by atoms with Gasteiger partial charge in [0.2, 0.25) is 0 Å². The minimum absolute atomic E-state index is 0.227. The molecule has 0 saturated heterocycles. The molecule has 0 aliphatic carbocycles. The normalized spacial score (nSPS) is 11.6. The molecule has 2 amide bonds. The van der Waals surface area contributed by atoms with Crippen LogP contribution in [-0.4, -0.2) is 35.3 Å². The number of benzene rings is 2. The molecule has 212 valence electrons. The number of fused-ring (bicyclic) bond motifs is 2.